The van der Waals surface area contributed by atoms with Crippen molar-refractivity contribution in [2.45, 2.75) is 25.7 Å². The van der Waals surface area contributed by atoms with Gasteiger partial charge in [-0.2, -0.15) is 0 Å². The lowest BCUT2D eigenvalue weighted by Crippen LogP contribution is -2.34. The molecule has 0 fully saturated rings. The van der Waals surface area contributed by atoms with E-state index in [0.717, 1.165) is 11.4 Å². The average Bonchev–Trinajstić information content (AvgIpc) is 2.42. The lowest BCUT2D eigenvalue weighted by Gasteiger charge is -2.29. The fraction of sp³-hybridized carbons (Fsp3) is 0.294. The summed E-state index contributed by atoms with van der Waals surface area (Å²) in [7, 11) is 0. The molecule has 1 atom stereocenters. The van der Waals surface area contributed by atoms with Gasteiger partial charge in [-0.3, -0.25) is 0 Å². The average molecular weight is 274 g/mol. The molecule has 2 N–H and O–H groups in total. The van der Waals surface area contributed by atoms with Crippen molar-refractivity contribution in [3.63, 3.8) is 0 Å². The second-order valence-corrected chi connectivity index (χ2v) is 5.87. The molecule has 1 unspecified atom stereocenters. The van der Waals surface area contributed by atoms with Crippen molar-refractivity contribution < 1.29 is 0 Å². The summed E-state index contributed by atoms with van der Waals surface area (Å²) < 4.78 is 0. The molecule has 0 bridgehead atoms. The molecule has 1 nitrogen and oxygen atoms in total. The van der Waals surface area contributed by atoms with Crippen molar-refractivity contribution in [1.29, 1.82) is 0 Å². The van der Waals surface area contributed by atoms with Crippen LogP contribution in [-0.4, -0.2) is 6.54 Å². The van der Waals surface area contributed by atoms with Crippen LogP contribution in [0.1, 0.15) is 23.6 Å². The van der Waals surface area contributed by atoms with E-state index in [1.807, 2.05) is 12.1 Å². The third-order valence-electron chi connectivity index (χ3n) is 3.71. The van der Waals surface area contributed by atoms with Gasteiger partial charge < -0.3 is 5.73 Å². The maximum Gasteiger partial charge on any atom is 0.0406 e. The van der Waals surface area contributed by atoms with Crippen LogP contribution in [0.4, 0.5) is 0 Å². The lowest BCUT2D eigenvalue weighted by atomic mass is 9.77. The topological polar surface area (TPSA) is 26.0 Å². The van der Waals surface area contributed by atoms with Crippen molar-refractivity contribution >= 4 is 11.6 Å². The monoisotopic (exact) mass is 273 g/mol. The summed E-state index contributed by atoms with van der Waals surface area (Å²) in [6, 6.07) is 16.7. The van der Waals surface area contributed by atoms with Gasteiger partial charge in [-0.15, -0.1) is 0 Å². The van der Waals surface area contributed by atoms with Gasteiger partial charge in [0, 0.05) is 17.0 Å². The van der Waals surface area contributed by atoms with Crippen LogP contribution in [0.3, 0.4) is 0 Å². The number of nitrogens with two attached hydrogens (primary N) is 1. The number of aryl methyl sites for hydroxylation is 1. The molecular formula is C17H20ClN. The first kappa shape index (κ1) is 14.1. The van der Waals surface area contributed by atoms with Gasteiger partial charge in [0.15, 0.2) is 0 Å². The first-order chi connectivity index (χ1) is 9.03. The highest BCUT2D eigenvalue weighted by Gasteiger charge is 2.25. The molecule has 0 aliphatic heterocycles. The van der Waals surface area contributed by atoms with Crippen LogP contribution in [0, 0.1) is 6.92 Å². The molecule has 0 aliphatic carbocycles. The molecule has 2 aromatic carbocycles. The van der Waals surface area contributed by atoms with E-state index in [9.17, 15) is 0 Å². The number of rotatable bonds is 4. The zero-order valence-corrected chi connectivity index (χ0v) is 12.2. The van der Waals surface area contributed by atoms with Crippen LogP contribution in [0.25, 0.3) is 0 Å². The van der Waals surface area contributed by atoms with Gasteiger partial charge in [-0.1, -0.05) is 60.5 Å². The molecule has 0 spiro atoms. The van der Waals surface area contributed by atoms with Crippen LogP contribution in [-0.2, 0) is 11.8 Å². The minimum atomic E-state index is -0.0557. The molecule has 19 heavy (non-hydrogen) atoms. The molecule has 0 aromatic heterocycles. The fourth-order valence-electron chi connectivity index (χ4n) is 2.30. The molecule has 0 aliphatic rings. The smallest absolute Gasteiger partial charge is 0.0406 e. The van der Waals surface area contributed by atoms with Crippen LogP contribution >= 0.6 is 11.6 Å². The van der Waals surface area contributed by atoms with E-state index in [0.29, 0.717) is 6.54 Å². The first-order valence-corrected chi connectivity index (χ1v) is 6.93. The van der Waals surface area contributed by atoms with E-state index in [1.54, 1.807) is 0 Å². The molecule has 2 rings (SSSR count). The molecular weight excluding hydrogens is 254 g/mol. The van der Waals surface area contributed by atoms with Gasteiger partial charge in [0.25, 0.3) is 0 Å². The highest BCUT2D eigenvalue weighted by Crippen LogP contribution is 2.28. The number of halogens is 1. The Labute approximate surface area is 120 Å². The largest absolute Gasteiger partial charge is 0.330 e. The highest BCUT2D eigenvalue weighted by molar-refractivity contribution is 6.30. The standard InChI is InChI=1S/C17H20ClN/c1-13-3-5-14(6-4-13)11-17(2,12-19)15-7-9-16(18)10-8-15/h3-10H,11-12,19H2,1-2H3. The summed E-state index contributed by atoms with van der Waals surface area (Å²) in [5.74, 6) is 0. The van der Waals surface area contributed by atoms with Crippen LogP contribution in [0.2, 0.25) is 5.02 Å². The Balaban J connectivity index is 2.27. The zero-order valence-electron chi connectivity index (χ0n) is 11.5. The molecule has 0 radical (unpaired) electrons. The van der Waals surface area contributed by atoms with Gasteiger partial charge in [0.2, 0.25) is 0 Å². The Morgan fingerprint density at radius 1 is 1.00 bits per heavy atom. The van der Waals surface area contributed by atoms with Crippen molar-refractivity contribution in [3.05, 3.63) is 70.2 Å². The Morgan fingerprint density at radius 3 is 2.11 bits per heavy atom. The molecule has 2 aromatic rings. The predicted octanol–water partition coefficient (Wildman–Crippen LogP) is 4.11. The Bertz CT molecular complexity index is 530. The van der Waals surface area contributed by atoms with Crippen LogP contribution < -0.4 is 5.73 Å². The minimum absolute atomic E-state index is 0.0557. The Kier molecular flexibility index (Phi) is 4.28. The molecule has 0 amide bonds. The van der Waals surface area contributed by atoms with E-state index >= 15 is 0 Å². The van der Waals surface area contributed by atoms with Crippen molar-refractivity contribution in [1.82, 2.24) is 0 Å². The second kappa shape index (κ2) is 5.77. The maximum absolute atomic E-state index is 6.02. The third-order valence-corrected chi connectivity index (χ3v) is 3.96. The molecule has 100 valence electrons. The normalized spacial score (nSPS) is 14.1. The fourth-order valence-corrected chi connectivity index (χ4v) is 2.43. The summed E-state index contributed by atoms with van der Waals surface area (Å²) in [6.45, 7) is 4.92. The van der Waals surface area contributed by atoms with E-state index < -0.39 is 0 Å². The SMILES string of the molecule is Cc1ccc(CC(C)(CN)c2ccc(Cl)cc2)cc1. The number of benzene rings is 2. The number of hydrogen-bond donors (Lipinski definition) is 1. The Hall–Kier alpha value is -1.31. The van der Waals surface area contributed by atoms with Gasteiger partial charge in [0.1, 0.15) is 0 Å². The highest BCUT2D eigenvalue weighted by atomic mass is 35.5. The zero-order chi connectivity index (χ0) is 13.9. The summed E-state index contributed by atoms with van der Waals surface area (Å²) in [5, 5.41) is 0.762. The molecule has 0 saturated carbocycles. The Morgan fingerprint density at radius 2 is 1.58 bits per heavy atom. The van der Waals surface area contributed by atoms with Crippen LogP contribution in [0.15, 0.2) is 48.5 Å². The van der Waals surface area contributed by atoms with Gasteiger partial charge in [-0.05, 0) is 36.6 Å². The third kappa shape index (κ3) is 3.37. The van der Waals surface area contributed by atoms with Gasteiger partial charge in [-0.25, -0.2) is 0 Å². The predicted molar refractivity (Wildman–Crippen MR) is 82.7 cm³/mol. The van der Waals surface area contributed by atoms with E-state index in [4.69, 9.17) is 17.3 Å². The van der Waals surface area contributed by atoms with Gasteiger partial charge in [0.05, 0.1) is 0 Å². The van der Waals surface area contributed by atoms with E-state index in [-0.39, 0.29) is 5.41 Å². The van der Waals surface area contributed by atoms with Gasteiger partial charge >= 0.3 is 0 Å². The van der Waals surface area contributed by atoms with Crippen LogP contribution in [0.5, 0.6) is 0 Å². The lowest BCUT2D eigenvalue weighted by molar-refractivity contribution is 0.481. The van der Waals surface area contributed by atoms with E-state index in [1.165, 1.54) is 16.7 Å². The molecule has 0 saturated heterocycles. The van der Waals surface area contributed by atoms with E-state index in [2.05, 4.69) is 50.2 Å². The summed E-state index contributed by atoms with van der Waals surface area (Å²) in [5.41, 5.74) is 9.80. The maximum atomic E-state index is 6.02. The quantitative estimate of drug-likeness (QED) is 0.891. The minimum Gasteiger partial charge on any atom is -0.330 e. The summed E-state index contributed by atoms with van der Waals surface area (Å²) in [4.78, 5) is 0. The number of hydrogen-bond acceptors (Lipinski definition) is 1. The molecule has 0 heterocycles. The first-order valence-electron chi connectivity index (χ1n) is 6.55. The van der Waals surface area contributed by atoms with Crippen molar-refractivity contribution in [2.24, 2.45) is 5.73 Å². The summed E-state index contributed by atoms with van der Waals surface area (Å²) in [6.07, 6.45) is 0.936. The summed E-state index contributed by atoms with van der Waals surface area (Å²) >= 11 is 5.95. The second-order valence-electron chi connectivity index (χ2n) is 5.43. The van der Waals surface area contributed by atoms with Crippen molar-refractivity contribution in [2.75, 3.05) is 6.54 Å². The molecule has 2 heteroatoms. The van der Waals surface area contributed by atoms with Crippen molar-refractivity contribution in [3.8, 4) is 0 Å².